The third-order valence-corrected chi connectivity index (χ3v) is 3.04. The van der Waals surface area contributed by atoms with Crippen molar-refractivity contribution in [2.75, 3.05) is 7.05 Å². The van der Waals surface area contributed by atoms with Gasteiger partial charge in [-0.15, -0.1) is 0 Å². The van der Waals surface area contributed by atoms with Gasteiger partial charge in [-0.25, -0.2) is 4.79 Å². The normalized spacial score (nSPS) is 26.4. The van der Waals surface area contributed by atoms with E-state index in [1.165, 1.54) is 0 Å². The van der Waals surface area contributed by atoms with E-state index < -0.39 is 46.4 Å². The summed E-state index contributed by atoms with van der Waals surface area (Å²) in [5.74, 6) is -6.32. The van der Waals surface area contributed by atoms with Gasteiger partial charge in [-0.3, -0.25) is 9.64 Å². The number of carbonyl (C=O) groups excluding carboxylic acids is 1. The van der Waals surface area contributed by atoms with Crippen LogP contribution in [0.25, 0.3) is 0 Å². The molecule has 0 aliphatic carbocycles. The molecule has 1 rings (SSSR count). The molecule has 0 spiro atoms. The Morgan fingerprint density at radius 1 is 0.875 bits per heavy atom. The monoisotopic (exact) mass is 405 g/mol. The van der Waals surface area contributed by atoms with E-state index in [1.54, 1.807) is 0 Å². The van der Waals surface area contributed by atoms with Gasteiger partial charge in [0.15, 0.2) is 0 Å². The second-order valence-electron chi connectivity index (χ2n) is 4.28. The van der Waals surface area contributed by atoms with Gasteiger partial charge in [0.1, 0.15) is 0 Å². The first-order valence-corrected chi connectivity index (χ1v) is 5.56. The lowest BCUT2D eigenvalue weighted by Crippen LogP contribution is -2.80. The zero-order valence-electron chi connectivity index (χ0n) is 10.7. The fraction of sp³-hybridized carbons (Fsp3) is 0.875. The molecule has 0 aromatic rings. The van der Waals surface area contributed by atoms with E-state index >= 15 is 0 Å². The summed E-state index contributed by atoms with van der Waals surface area (Å²) in [4.78, 5) is 9.79. The highest BCUT2D eigenvalue weighted by Crippen LogP contribution is 2.59. The molecule has 16 heteroatoms. The van der Waals surface area contributed by atoms with E-state index in [1.807, 2.05) is 0 Å². The summed E-state index contributed by atoms with van der Waals surface area (Å²) in [7, 11) is -0.233. The van der Waals surface area contributed by atoms with Gasteiger partial charge >= 0.3 is 41.5 Å². The van der Waals surface area contributed by atoms with Crippen LogP contribution in [-0.4, -0.2) is 53.5 Å². The van der Waals surface area contributed by atoms with Gasteiger partial charge in [0.25, 0.3) is 0 Å². The number of hydrogen-bond acceptors (Lipinski definition) is 3. The topological polar surface area (TPSA) is 38.8 Å². The molecule has 1 saturated heterocycles. The van der Waals surface area contributed by atoms with Gasteiger partial charge < -0.3 is 4.74 Å². The predicted molar refractivity (Wildman–Crippen MR) is 49.8 cm³/mol. The molecule has 1 aliphatic heterocycles. The molecule has 1 unspecified atom stereocenters. The van der Waals surface area contributed by atoms with Crippen molar-refractivity contribution in [2.24, 2.45) is 0 Å². The van der Waals surface area contributed by atoms with Crippen LogP contribution in [0.4, 0.5) is 53.1 Å². The zero-order valence-corrected chi connectivity index (χ0v) is 11.5. The van der Waals surface area contributed by atoms with Crippen molar-refractivity contribution in [3.05, 3.63) is 0 Å². The van der Waals surface area contributed by atoms with Crippen molar-refractivity contribution in [2.45, 2.75) is 35.4 Å². The summed E-state index contributed by atoms with van der Waals surface area (Å²) < 4.78 is 147. The second kappa shape index (κ2) is 5.12. The SMILES string of the molecule is CN1C(=O)OC(C(F)(F)F)(C(F)(F)F)OC1(C(F)(F)F)C(F)(F)Cl. The summed E-state index contributed by atoms with van der Waals surface area (Å²) in [6, 6.07) is 0. The standard InChI is InChI=1S/C8H3ClF11NO3/c1-21-2(22)23-4(7(15,16)17,8(18,19)20)24-3(21,5(9,10)11)6(12,13)14/h1H3. The highest BCUT2D eigenvalue weighted by Gasteiger charge is 2.88. The van der Waals surface area contributed by atoms with Gasteiger partial charge in [-0.1, -0.05) is 0 Å². The quantitative estimate of drug-likeness (QED) is 0.489. The number of hydrogen-bond donors (Lipinski definition) is 0. The third kappa shape index (κ3) is 2.60. The van der Waals surface area contributed by atoms with Crippen LogP contribution in [0.3, 0.4) is 0 Å². The van der Waals surface area contributed by atoms with Crippen LogP contribution in [0.5, 0.6) is 0 Å². The maximum Gasteiger partial charge on any atom is 0.465 e. The van der Waals surface area contributed by atoms with Crippen molar-refractivity contribution in [1.29, 1.82) is 0 Å². The number of ether oxygens (including phenoxy) is 2. The molecule has 1 fully saturated rings. The van der Waals surface area contributed by atoms with E-state index in [2.05, 4.69) is 21.1 Å². The Balaban J connectivity index is 3.84. The Morgan fingerprint density at radius 2 is 1.25 bits per heavy atom. The molecule has 0 saturated carbocycles. The number of alkyl halides is 12. The zero-order chi connectivity index (χ0) is 19.6. The molecule has 0 aromatic heterocycles. The minimum Gasteiger partial charge on any atom is -0.399 e. The van der Waals surface area contributed by atoms with Crippen LogP contribution in [0.2, 0.25) is 0 Å². The number of amides is 1. The molecule has 0 radical (unpaired) electrons. The minimum atomic E-state index is -6.90. The first-order valence-electron chi connectivity index (χ1n) is 5.18. The van der Waals surface area contributed by atoms with Crippen molar-refractivity contribution in [3.63, 3.8) is 0 Å². The summed E-state index contributed by atoms with van der Waals surface area (Å²) in [5, 5.41) is -5.96. The molecule has 0 aromatic carbocycles. The van der Waals surface area contributed by atoms with Crippen LogP contribution in [-0.2, 0) is 9.47 Å². The third-order valence-electron chi connectivity index (χ3n) is 2.78. The van der Waals surface area contributed by atoms with E-state index in [0.29, 0.717) is 0 Å². The van der Waals surface area contributed by atoms with Crippen molar-refractivity contribution >= 4 is 17.7 Å². The van der Waals surface area contributed by atoms with Crippen LogP contribution >= 0.6 is 11.6 Å². The fourth-order valence-electron chi connectivity index (χ4n) is 1.67. The number of cyclic esters (lactones) is 1. The Labute approximate surface area is 129 Å². The summed E-state index contributed by atoms with van der Waals surface area (Å²) in [6.45, 7) is 0. The molecule has 142 valence electrons. The van der Waals surface area contributed by atoms with Crippen LogP contribution in [0, 0.1) is 0 Å². The molecular weight excluding hydrogens is 403 g/mol. The summed E-state index contributed by atoms with van der Waals surface area (Å²) in [5.41, 5.74) is -5.82. The average molecular weight is 406 g/mol. The Morgan fingerprint density at radius 3 is 1.50 bits per heavy atom. The van der Waals surface area contributed by atoms with Crippen LogP contribution in [0.15, 0.2) is 0 Å². The van der Waals surface area contributed by atoms with Gasteiger partial charge in [0.05, 0.1) is 0 Å². The lowest BCUT2D eigenvalue weighted by atomic mass is 10.1. The maximum atomic E-state index is 13.2. The second-order valence-corrected chi connectivity index (χ2v) is 4.76. The van der Waals surface area contributed by atoms with E-state index in [4.69, 9.17) is 0 Å². The van der Waals surface area contributed by atoms with E-state index in [-0.39, 0.29) is 7.05 Å². The molecule has 4 nitrogen and oxygen atoms in total. The Kier molecular flexibility index (Phi) is 4.44. The highest BCUT2D eigenvalue weighted by molar-refractivity contribution is 6.22. The molecule has 1 amide bonds. The van der Waals surface area contributed by atoms with Crippen molar-refractivity contribution < 1.29 is 62.6 Å². The van der Waals surface area contributed by atoms with E-state index in [9.17, 15) is 53.1 Å². The molecule has 0 bridgehead atoms. The smallest absolute Gasteiger partial charge is 0.399 e. The molecular formula is C8H3ClF11NO3. The number of nitrogens with zero attached hydrogens (tertiary/aromatic N) is 1. The van der Waals surface area contributed by atoms with Crippen molar-refractivity contribution in [1.82, 2.24) is 4.90 Å². The number of halogens is 12. The van der Waals surface area contributed by atoms with Crippen LogP contribution in [0.1, 0.15) is 0 Å². The fourth-order valence-corrected chi connectivity index (χ4v) is 1.94. The average Bonchev–Trinajstić information content (AvgIpc) is 2.25. The maximum absolute atomic E-state index is 13.2. The predicted octanol–water partition coefficient (Wildman–Crippen LogP) is 4.00. The van der Waals surface area contributed by atoms with Gasteiger partial charge in [0, 0.05) is 7.05 Å². The van der Waals surface area contributed by atoms with Gasteiger partial charge in [-0.2, -0.15) is 48.3 Å². The molecule has 1 aliphatic rings. The van der Waals surface area contributed by atoms with Gasteiger partial charge in [0.2, 0.25) is 0 Å². The molecule has 0 N–H and O–H groups in total. The van der Waals surface area contributed by atoms with Crippen LogP contribution < -0.4 is 0 Å². The Hall–Kier alpha value is -1.25. The first kappa shape index (κ1) is 20.8. The Bertz CT molecular complexity index is 491. The summed E-state index contributed by atoms with van der Waals surface area (Å²) in [6.07, 6.45) is -23.5. The number of rotatable bonds is 1. The first-order chi connectivity index (χ1) is 10.2. The summed E-state index contributed by atoms with van der Waals surface area (Å²) >= 11 is 4.08. The lowest BCUT2D eigenvalue weighted by molar-refractivity contribution is -0.533. The number of carbonyl (C=O) groups is 1. The lowest BCUT2D eigenvalue weighted by Gasteiger charge is -2.52. The molecule has 1 atom stereocenters. The largest absolute Gasteiger partial charge is 0.465 e. The van der Waals surface area contributed by atoms with Gasteiger partial charge in [-0.05, 0) is 11.6 Å². The molecule has 24 heavy (non-hydrogen) atoms. The van der Waals surface area contributed by atoms with Crippen molar-refractivity contribution in [3.8, 4) is 0 Å². The molecule has 1 heterocycles. The van der Waals surface area contributed by atoms with E-state index in [0.717, 1.165) is 0 Å². The minimum absolute atomic E-state index is 0.233. The highest BCUT2D eigenvalue weighted by atomic mass is 35.5.